The fourth-order valence-electron chi connectivity index (χ4n) is 2.92. The maximum atomic E-state index is 12.5. The number of amides is 2. The molecule has 0 saturated carbocycles. The lowest BCUT2D eigenvalue weighted by Gasteiger charge is -2.38. The first-order valence-electron chi connectivity index (χ1n) is 7.81. The minimum atomic E-state index is -1.05. The number of hydrogen-bond acceptors (Lipinski definition) is 5. The maximum absolute atomic E-state index is 12.5. The molecule has 25 heavy (non-hydrogen) atoms. The number of nitrogens with zero attached hydrogens (tertiary/aromatic N) is 5. The van der Waals surface area contributed by atoms with Crippen LogP contribution >= 0.6 is 11.6 Å². The minimum Gasteiger partial charge on any atom is -0.386 e. The summed E-state index contributed by atoms with van der Waals surface area (Å²) in [6, 6.07) is 6.35. The number of carbonyl (C=O) groups excluding carboxylic acids is 1. The van der Waals surface area contributed by atoms with E-state index in [1.165, 1.54) is 6.07 Å². The van der Waals surface area contributed by atoms with Crippen LogP contribution in [0.3, 0.4) is 0 Å². The van der Waals surface area contributed by atoms with E-state index in [2.05, 4.69) is 15.6 Å². The summed E-state index contributed by atoms with van der Waals surface area (Å²) in [5, 5.41) is 30.3. The van der Waals surface area contributed by atoms with Crippen molar-refractivity contribution in [3.63, 3.8) is 0 Å². The van der Waals surface area contributed by atoms with Crippen LogP contribution < -0.4 is 5.32 Å². The molecule has 1 aromatic carbocycles. The number of urea groups is 1. The van der Waals surface area contributed by atoms with Crippen LogP contribution in [-0.4, -0.2) is 49.7 Å². The van der Waals surface area contributed by atoms with Gasteiger partial charge in [-0.25, -0.2) is 9.48 Å². The summed E-state index contributed by atoms with van der Waals surface area (Å²) in [6.45, 7) is 1.03. The first-order chi connectivity index (χ1) is 12.0. The lowest BCUT2D eigenvalue weighted by atomic mass is 9.93. The fraction of sp³-hybridized carbons (Fsp3) is 0.375. The third kappa shape index (κ3) is 4.07. The highest BCUT2D eigenvalue weighted by atomic mass is 35.5. The van der Waals surface area contributed by atoms with Crippen molar-refractivity contribution in [3.8, 4) is 6.07 Å². The van der Waals surface area contributed by atoms with E-state index in [4.69, 9.17) is 16.9 Å². The van der Waals surface area contributed by atoms with Gasteiger partial charge >= 0.3 is 6.03 Å². The normalized spacial score (nSPS) is 20.1. The number of nitriles is 1. The van der Waals surface area contributed by atoms with Gasteiger partial charge in [0.1, 0.15) is 11.7 Å². The molecule has 1 aliphatic heterocycles. The van der Waals surface area contributed by atoms with E-state index < -0.39 is 5.60 Å². The van der Waals surface area contributed by atoms with Crippen LogP contribution in [0.4, 0.5) is 10.5 Å². The van der Waals surface area contributed by atoms with Gasteiger partial charge in [0.15, 0.2) is 0 Å². The van der Waals surface area contributed by atoms with Crippen LogP contribution in [0.25, 0.3) is 0 Å². The van der Waals surface area contributed by atoms with Gasteiger partial charge in [-0.3, -0.25) is 0 Å². The van der Waals surface area contributed by atoms with Gasteiger partial charge in [-0.05, 0) is 31.0 Å². The summed E-state index contributed by atoms with van der Waals surface area (Å²) in [4.78, 5) is 14.0. The molecule has 8 nitrogen and oxygen atoms in total. The first-order valence-corrected chi connectivity index (χ1v) is 8.19. The lowest BCUT2D eigenvalue weighted by molar-refractivity contribution is -0.0327. The molecule has 1 aromatic heterocycles. The number of aliphatic hydroxyl groups is 1. The molecule has 2 N–H and O–H groups in total. The van der Waals surface area contributed by atoms with E-state index in [-0.39, 0.29) is 24.1 Å². The molecular weight excluding hydrogens is 344 g/mol. The zero-order valence-electron chi connectivity index (χ0n) is 13.4. The maximum Gasteiger partial charge on any atom is 0.321 e. The number of rotatable bonds is 3. The highest BCUT2D eigenvalue weighted by molar-refractivity contribution is 6.32. The van der Waals surface area contributed by atoms with Crippen LogP contribution in [0.5, 0.6) is 0 Å². The number of halogens is 1. The predicted octanol–water partition coefficient (Wildman–Crippen LogP) is 1.86. The molecule has 1 fully saturated rings. The highest BCUT2D eigenvalue weighted by Gasteiger charge is 2.36. The van der Waals surface area contributed by atoms with E-state index in [9.17, 15) is 9.90 Å². The summed E-state index contributed by atoms with van der Waals surface area (Å²) in [5.74, 6) is 0. The van der Waals surface area contributed by atoms with Gasteiger partial charge in [-0.1, -0.05) is 16.8 Å². The molecular formula is C16H17ClN6O2. The van der Waals surface area contributed by atoms with Crippen molar-refractivity contribution in [2.75, 3.05) is 18.4 Å². The summed E-state index contributed by atoms with van der Waals surface area (Å²) in [7, 11) is 0. The average Bonchev–Trinajstić information content (AvgIpc) is 3.07. The number of benzene rings is 1. The number of anilines is 1. The Balaban J connectivity index is 1.65. The monoisotopic (exact) mass is 360 g/mol. The molecule has 130 valence electrons. The van der Waals surface area contributed by atoms with E-state index in [1.54, 1.807) is 34.1 Å². The topological polar surface area (TPSA) is 107 Å². The number of piperidine rings is 1. The lowest BCUT2D eigenvalue weighted by Crippen LogP contribution is -2.53. The number of aromatic nitrogens is 3. The molecule has 2 heterocycles. The molecule has 0 radical (unpaired) electrons. The van der Waals surface area contributed by atoms with Crippen LogP contribution in [0, 0.1) is 11.3 Å². The molecule has 1 saturated heterocycles. The third-order valence-electron chi connectivity index (χ3n) is 4.11. The second-order valence-electron chi connectivity index (χ2n) is 6.09. The van der Waals surface area contributed by atoms with Crippen molar-refractivity contribution < 1.29 is 9.90 Å². The molecule has 0 spiro atoms. The van der Waals surface area contributed by atoms with Gasteiger partial charge in [-0.2, -0.15) is 5.26 Å². The van der Waals surface area contributed by atoms with E-state index in [0.29, 0.717) is 30.6 Å². The van der Waals surface area contributed by atoms with Crippen molar-refractivity contribution in [3.05, 3.63) is 41.2 Å². The van der Waals surface area contributed by atoms with Gasteiger partial charge in [0.05, 0.1) is 29.9 Å². The quantitative estimate of drug-likeness (QED) is 0.868. The second kappa shape index (κ2) is 7.09. The summed E-state index contributed by atoms with van der Waals surface area (Å²) in [6.07, 6.45) is 4.49. The number of β-amino-alcohol motifs (C(OH)–C–C–N with tert-alkyl or cyclic N) is 1. The van der Waals surface area contributed by atoms with Crippen molar-refractivity contribution in [2.45, 2.75) is 25.0 Å². The van der Waals surface area contributed by atoms with Gasteiger partial charge in [0, 0.05) is 18.4 Å². The molecule has 2 amide bonds. The number of nitrogens with one attached hydrogen (secondary N) is 1. The summed E-state index contributed by atoms with van der Waals surface area (Å²) in [5.41, 5.74) is -0.203. The van der Waals surface area contributed by atoms with Crippen LogP contribution in [-0.2, 0) is 6.54 Å². The Hall–Kier alpha value is -2.63. The Labute approximate surface area is 149 Å². The molecule has 9 heteroatoms. The Morgan fingerprint density at radius 3 is 3.04 bits per heavy atom. The molecule has 2 aromatic rings. The van der Waals surface area contributed by atoms with Crippen molar-refractivity contribution in [1.82, 2.24) is 19.9 Å². The zero-order chi connectivity index (χ0) is 17.9. The average molecular weight is 361 g/mol. The van der Waals surface area contributed by atoms with E-state index in [1.807, 2.05) is 6.07 Å². The van der Waals surface area contributed by atoms with Crippen LogP contribution in [0.15, 0.2) is 30.6 Å². The predicted molar refractivity (Wildman–Crippen MR) is 91.0 cm³/mol. The zero-order valence-corrected chi connectivity index (χ0v) is 14.1. The number of likely N-dealkylation sites (tertiary alicyclic amines) is 1. The standard InChI is InChI=1S/C16H17ClN6O2/c17-14-8-13(3-2-12(14)9-18)20-15(24)22-6-1-4-16(25,10-22)11-23-7-5-19-21-23/h2-3,5,7-8,25H,1,4,6,10-11H2,(H,20,24). The van der Waals surface area contributed by atoms with Crippen LogP contribution in [0.1, 0.15) is 18.4 Å². The molecule has 0 bridgehead atoms. The van der Waals surface area contributed by atoms with Crippen molar-refractivity contribution in [1.29, 1.82) is 5.26 Å². The number of hydrogen-bond donors (Lipinski definition) is 2. The minimum absolute atomic E-state index is 0.197. The van der Waals surface area contributed by atoms with E-state index >= 15 is 0 Å². The molecule has 0 aliphatic carbocycles. The Morgan fingerprint density at radius 1 is 1.52 bits per heavy atom. The summed E-state index contributed by atoms with van der Waals surface area (Å²) < 4.78 is 1.56. The van der Waals surface area contributed by atoms with E-state index in [0.717, 1.165) is 0 Å². The van der Waals surface area contributed by atoms with Gasteiger partial charge in [0.25, 0.3) is 0 Å². The van der Waals surface area contributed by atoms with Gasteiger partial charge in [-0.15, -0.1) is 5.10 Å². The molecule has 1 aliphatic rings. The van der Waals surface area contributed by atoms with Crippen molar-refractivity contribution in [2.24, 2.45) is 0 Å². The Morgan fingerprint density at radius 2 is 2.36 bits per heavy atom. The first kappa shape index (κ1) is 17.2. The van der Waals surface area contributed by atoms with Gasteiger partial charge in [0.2, 0.25) is 0 Å². The van der Waals surface area contributed by atoms with Crippen molar-refractivity contribution >= 4 is 23.3 Å². The third-order valence-corrected chi connectivity index (χ3v) is 4.42. The Bertz CT molecular complexity index is 803. The van der Waals surface area contributed by atoms with Gasteiger partial charge < -0.3 is 15.3 Å². The smallest absolute Gasteiger partial charge is 0.321 e. The molecule has 3 rings (SSSR count). The number of carbonyl (C=O) groups is 1. The SMILES string of the molecule is N#Cc1ccc(NC(=O)N2CCCC(O)(Cn3ccnn3)C2)cc1Cl. The molecule has 1 atom stereocenters. The Kier molecular flexibility index (Phi) is 4.88. The fourth-order valence-corrected chi connectivity index (χ4v) is 3.14. The largest absolute Gasteiger partial charge is 0.386 e. The van der Waals surface area contributed by atoms with Crippen LogP contribution in [0.2, 0.25) is 5.02 Å². The summed E-state index contributed by atoms with van der Waals surface area (Å²) >= 11 is 5.98. The highest BCUT2D eigenvalue weighted by Crippen LogP contribution is 2.24. The molecule has 1 unspecified atom stereocenters. The second-order valence-corrected chi connectivity index (χ2v) is 6.49.